The number of aryl methyl sites for hydroxylation is 3. The van der Waals surface area contributed by atoms with Crippen LogP contribution in [0, 0.1) is 13.8 Å². The van der Waals surface area contributed by atoms with Crippen molar-refractivity contribution in [2.75, 3.05) is 6.54 Å². The monoisotopic (exact) mass is 269 g/mol. The summed E-state index contributed by atoms with van der Waals surface area (Å²) in [6, 6.07) is 11.1. The van der Waals surface area contributed by atoms with Crippen LogP contribution in [0.25, 0.3) is 0 Å². The van der Waals surface area contributed by atoms with E-state index in [4.69, 9.17) is 0 Å². The predicted octanol–water partition coefficient (Wildman–Crippen LogP) is 3.35. The maximum Gasteiger partial charge on any atom is 0.0651 e. The fraction of sp³-hybridized carbons (Fsp3) is 0.412. The summed E-state index contributed by atoms with van der Waals surface area (Å²) in [6.07, 6.45) is 1.07. The van der Waals surface area contributed by atoms with Crippen molar-refractivity contribution in [1.82, 2.24) is 15.5 Å². The van der Waals surface area contributed by atoms with Crippen LogP contribution in [0.2, 0.25) is 0 Å². The predicted molar refractivity (Wildman–Crippen MR) is 82.8 cm³/mol. The Labute approximate surface area is 121 Å². The third-order valence-corrected chi connectivity index (χ3v) is 3.58. The molecule has 3 nitrogen and oxygen atoms in total. The van der Waals surface area contributed by atoms with Gasteiger partial charge in [-0.05, 0) is 49.6 Å². The highest BCUT2D eigenvalue weighted by atomic mass is 15.1. The molecule has 1 aromatic carbocycles. The van der Waals surface area contributed by atoms with Gasteiger partial charge in [-0.3, -0.25) is 0 Å². The first-order chi connectivity index (χ1) is 9.65. The topological polar surface area (TPSA) is 37.8 Å². The van der Waals surface area contributed by atoms with E-state index in [2.05, 4.69) is 59.7 Å². The molecule has 0 saturated carbocycles. The minimum Gasteiger partial charge on any atom is -0.306 e. The molecule has 0 aliphatic heterocycles. The van der Waals surface area contributed by atoms with E-state index in [0.29, 0.717) is 0 Å². The number of hydrogen-bond donors (Lipinski definition) is 1. The van der Waals surface area contributed by atoms with Crippen LogP contribution in [-0.4, -0.2) is 16.7 Å². The smallest absolute Gasteiger partial charge is 0.0651 e. The lowest BCUT2D eigenvalue weighted by Gasteiger charge is -2.20. The highest BCUT2D eigenvalue weighted by Crippen LogP contribution is 2.24. The average molecular weight is 269 g/mol. The Morgan fingerprint density at radius 2 is 1.75 bits per heavy atom. The van der Waals surface area contributed by atoms with E-state index >= 15 is 0 Å². The van der Waals surface area contributed by atoms with E-state index in [-0.39, 0.29) is 6.04 Å². The third-order valence-electron chi connectivity index (χ3n) is 3.58. The van der Waals surface area contributed by atoms with E-state index in [1.165, 1.54) is 16.7 Å². The summed E-state index contributed by atoms with van der Waals surface area (Å²) in [6.45, 7) is 9.23. The van der Waals surface area contributed by atoms with Crippen LogP contribution in [0.1, 0.15) is 48.0 Å². The lowest BCUT2D eigenvalue weighted by molar-refractivity contribution is 0.620. The second kappa shape index (κ2) is 6.62. The van der Waals surface area contributed by atoms with Crippen molar-refractivity contribution in [1.29, 1.82) is 0 Å². The van der Waals surface area contributed by atoms with Gasteiger partial charge in [-0.1, -0.05) is 38.1 Å². The minimum absolute atomic E-state index is 0.181. The standard InChI is InChI=1S/C17H23N3/c1-5-14-7-9-15(10-8-14)17(18-6-2)16-11-12(3)19-20-13(16)4/h7-11,17-18H,5-6H2,1-4H3. The summed E-state index contributed by atoms with van der Waals surface area (Å²) in [5, 5.41) is 11.9. The van der Waals surface area contributed by atoms with Gasteiger partial charge in [0.25, 0.3) is 0 Å². The zero-order valence-electron chi connectivity index (χ0n) is 12.8. The van der Waals surface area contributed by atoms with Crippen molar-refractivity contribution in [2.45, 2.75) is 40.2 Å². The molecule has 2 rings (SSSR count). The fourth-order valence-electron chi connectivity index (χ4n) is 2.42. The molecule has 1 aromatic heterocycles. The Hall–Kier alpha value is -1.74. The first-order valence-electron chi connectivity index (χ1n) is 7.28. The van der Waals surface area contributed by atoms with Crippen LogP contribution < -0.4 is 5.32 Å². The summed E-state index contributed by atoms with van der Waals surface area (Å²) in [4.78, 5) is 0. The number of rotatable bonds is 5. The zero-order valence-corrected chi connectivity index (χ0v) is 12.8. The Bertz CT molecular complexity index is 561. The van der Waals surface area contributed by atoms with Gasteiger partial charge in [0, 0.05) is 0 Å². The van der Waals surface area contributed by atoms with E-state index in [0.717, 1.165) is 24.4 Å². The molecule has 0 bridgehead atoms. The quantitative estimate of drug-likeness (QED) is 0.904. The van der Waals surface area contributed by atoms with Crippen molar-refractivity contribution in [3.63, 3.8) is 0 Å². The molecule has 0 saturated heterocycles. The Balaban J connectivity index is 2.41. The first-order valence-corrected chi connectivity index (χ1v) is 7.28. The van der Waals surface area contributed by atoms with E-state index in [1.54, 1.807) is 0 Å². The summed E-state index contributed by atoms with van der Waals surface area (Å²) < 4.78 is 0. The van der Waals surface area contributed by atoms with Crippen LogP contribution in [0.5, 0.6) is 0 Å². The Morgan fingerprint density at radius 1 is 1.05 bits per heavy atom. The molecule has 2 aromatic rings. The van der Waals surface area contributed by atoms with Crippen LogP contribution in [0.3, 0.4) is 0 Å². The van der Waals surface area contributed by atoms with Gasteiger partial charge in [0.2, 0.25) is 0 Å². The van der Waals surface area contributed by atoms with Gasteiger partial charge in [0.1, 0.15) is 0 Å². The Morgan fingerprint density at radius 3 is 2.35 bits per heavy atom. The van der Waals surface area contributed by atoms with Crippen LogP contribution in [-0.2, 0) is 6.42 Å². The molecule has 20 heavy (non-hydrogen) atoms. The highest BCUT2D eigenvalue weighted by molar-refractivity contribution is 5.35. The molecule has 1 unspecified atom stereocenters. The highest BCUT2D eigenvalue weighted by Gasteiger charge is 2.16. The van der Waals surface area contributed by atoms with Gasteiger partial charge in [0.05, 0.1) is 17.4 Å². The fourth-order valence-corrected chi connectivity index (χ4v) is 2.42. The number of nitrogens with one attached hydrogen (secondary N) is 1. The molecule has 106 valence electrons. The lowest BCUT2D eigenvalue weighted by Crippen LogP contribution is -2.23. The molecule has 0 aliphatic rings. The SMILES string of the molecule is CCNC(c1ccc(CC)cc1)c1cc(C)nnc1C. The molecular formula is C17H23N3. The molecule has 1 heterocycles. The first kappa shape index (κ1) is 14.7. The molecule has 0 radical (unpaired) electrons. The van der Waals surface area contributed by atoms with Gasteiger partial charge in [-0.25, -0.2) is 0 Å². The second-order valence-corrected chi connectivity index (χ2v) is 5.11. The lowest BCUT2D eigenvalue weighted by atomic mass is 9.96. The van der Waals surface area contributed by atoms with Gasteiger partial charge < -0.3 is 5.32 Å². The molecule has 1 atom stereocenters. The van der Waals surface area contributed by atoms with Gasteiger partial charge in [-0.15, -0.1) is 0 Å². The van der Waals surface area contributed by atoms with Crippen molar-refractivity contribution in [3.05, 3.63) is 58.4 Å². The van der Waals surface area contributed by atoms with E-state index in [1.807, 2.05) is 13.8 Å². The molecule has 0 amide bonds. The molecule has 1 N–H and O–H groups in total. The number of aromatic nitrogens is 2. The van der Waals surface area contributed by atoms with Crippen molar-refractivity contribution >= 4 is 0 Å². The maximum absolute atomic E-state index is 4.25. The minimum atomic E-state index is 0.181. The van der Waals surface area contributed by atoms with E-state index < -0.39 is 0 Å². The molecular weight excluding hydrogens is 246 g/mol. The second-order valence-electron chi connectivity index (χ2n) is 5.11. The van der Waals surface area contributed by atoms with Crippen LogP contribution in [0.4, 0.5) is 0 Å². The van der Waals surface area contributed by atoms with E-state index in [9.17, 15) is 0 Å². The summed E-state index contributed by atoms with van der Waals surface area (Å²) in [5.41, 5.74) is 5.80. The summed E-state index contributed by atoms with van der Waals surface area (Å²) in [5.74, 6) is 0. The summed E-state index contributed by atoms with van der Waals surface area (Å²) in [7, 11) is 0. The van der Waals surface area contributed by atoms with Gasteiger partial charge in [-0.2, -0.15) is 10.2 Å². The van der Waals surface area contributed by atoms with Crippen molar-refractivity contribution in [2.24, 2.45) is 0 Å². The van der Waals surface area contributed by atoms with Crippen LogP contribution in [0.15, 0.2) is 30.3 Å². The van der Waals surface area contributed by atoms with Crippen LogP contribution >= 0.6 is 0 Å². The molecule has 3 heteroatoms. The molecule has 0 spiro atoms. The number of hydrogen-bond acceptors (Lipinski definition) is 3. The largest absolute Gasteiger partial charge is 0.306 e. The van der Waals surface area contributed by atoms with Gasteiger partial charge >= 0.3 is 0 Å². The number of benzene rings is 1. The van der Waals surface area contributed by atoms with Crippen molar-refractivity contribution < 1.29 is 0 Å². The maximum atomic E-state index is 4.25. The molecule has 0 fully saturated rings. The van der Waals surface area contributed by atoms with Crippen molar-refractivity contribution in [3.8, 4) is 0 Å². The average Bonchev–Trinajstić information content (AvgIpc) is 2.48. The molecule has 0 aliphatic carbocycles. The normalized spacial score (nSPS) is 12.4. The van der Waals surface area contributed by atoms with Gasteiger partial charge in [0.15, 0.2) is 0 Å². The third kappa shape index (κ3) is 3.23. The Kier molecular flexibility index (Phi) is 4.85. The zero-order chi connectivity index (χ0) is 14.5. The number of nitrogens with zero attached hydrogens (tertiary/aromatic N) is 2. The summed E-state index contributed by atoms with van der Waals surface area (Å²) >= 11 is 0.